The SMILES string of the molecule is CCC1CCCCN1C(=O)CSc1nnc(-c2ccncc2)n1CC. The van der Waals surface area contributed by atoms with Crippen molar-refractivity contribution in [2.75, 3.05) is 12.3 Å². The zero-order chi connectivity index (χ0) is 17.6. The van der Waals surface area contributed by atoms with Crippen LogP contribution in [0.4, 0.5) is 0 Å². The molecule has 134 valence electrons. The van der Waals surface area contributed by atoms with Gasteiger partial charge in [0.25, 0.3) is 0 Å². The van der Waals surface area contributed by atoms with Crippen molar-refractivity contribution in [2.24, 2.45) is 0 Å². The summed E-state index contributed by atoms with van der Waals surface area (Å²) in [6.07, 6.45) is 8.01. The molecule has 0 aromatic carbocycles. The van der Waals surface area contributed by atoms with Crippen molar-refractivity contribution in [1.29, 1.82) is 0 Å². The number of thioether (sulfide) groups is 1. The Labute approximate surface area is 153 Å². The van der Waals surface area contributed by atoms with Gasteiger partial charge in [0.2, 0.25) is 5.91 Å². The van der Waals surface area contributed by atoms with Gasteiger partial charge in [0.1, 0.15) is 0 Å². The summed E-state index contributed by atoms with van der Waals surface area (Å²) in [5, 5.41) is 9.42. The summed E-state index contributed by atoms with van der Waals surface area (Å²) in [6.45, 7) is 5.89. The third-order valence-electron chi connectivity index (χ3n) is 4.72. The molecule has 0 N–H and O–H groups in total. The van der Waals surface area contributed by atoms with Gasteiger partial charge in [-0.25, -0.2) is 0 Å². The quantitative estimate of drug-likeness (QED) is 0.741. The summed E-state index contributed by atoms with van der Waals surface area (Å²) in [6, 6.07) is 4.25. The van der Waals surface area contributed by atoms with E-state index in [0.29, 0.717) is 11.8 Å². The fourth-order valence-electron chi connectivity index (χ4n) is 3.36. The Morgan fingerprint density at radius 2 is 2.04 bits per heavy atom. The minimum absolute atomic E-state index is 0.215. The van der Waals surface area contributed by atoms with Crippen LogP contribution >= 0.6 is 11.8 Å². The lowest BCUT2D eigenvalue weighted by molar-refractivity contribution is -0.132. The number of hydrogen-bond donors (Lipinski definition) is 0. The molecular formula is C18H25N5OS. The lowest BCUT2D eigenvalue weighted by Gasteiger charge is -2.35. The molecule has 2 aromatic heterocycles. The highest BCUT2D eigenvalue weighted by molar-refractivity contribution is 7.99. The third-order valence-corrected chi connectivity index (χ3v) is 5.67. The first-order chi connectivity index (χ1) is 12.2. The van der Waals surface area contributed by atoms with E-state index in [4.69, 9.17) is 0 Å². The zero-order valence-electron chi connectivity index (χ0n) is 14.9. The molecule has 1 unspecified atom stereocenters. The molecule has 0 bridgehead atoms. The van der Waals surface area contributed by atoms with E-state index in [2.05, 4.69) is 38.5 Å². The normalized spacial score (nSPS) is 17.7. The molecule has 25 heavy (non-hydrogen) atoms. The summed E-state index contributed by atoms with van der Waals surface area (Å²) >= 11 is 1.48. The van der Waals surface area contributed by atoms with Gasteiger partial charge in [0.05, 0.1) is 5.75 Å². The summed E-state index contributed by atoms with van der Waals surface area (Å²) in [5.74, 6) is 1.46. The number of hydrogen-bond acceptors (Lipinski definition) is 5. The van der Waals surface area contributed by atoms with Gasteiger partial charge in [0.15, 0.2) is 11.0 Å². The minimum atomic E-state index is 0.215. The van der Waals surface area contributed by atoms with Gasteiger partial charge in [-0.3, -0.25) is 9.78 Å². The molecule has 6 nitrogen and oxygen atoms in total. The number of carbonyl (C=O) groups excluding carboxylic acids is 1. The van der Waals surface area contributed by atoms with Crippen LogP contribution in [0, 0.1) is 0 Å². The summed E-state index contributed by atoms with van der Waals surface area (Å²) in [4.78, 5) is 18.8. The molecule has 0 aliphatic carbocycles. The molecule has 0 saturated carbocycles. The van der Waals surface area contributed by atoms with Crippen LogP contribution in [0.15, 0.2) is 29.7 Å². The molecule has 3 rings (SSSR count). The summed E-state index contributed by atoms with van der Waals surface area (Å²) in [5.41, 5.74) is 0.990. The van der Waals surface area contributed by atoms with Crippen molar-refractivity contribution in [2.45, 2.75) is 57.3 Å². The first-order valence-electron chi connectivity index (χ1n) is 9.00. The average Bonchev–Trinajstić information content (AvgIpc) is 3.09. The van der Waals surface area contributed by atoms with E-state index in [9.17, 15) is 4.79 Å². The largest absolute Gasteiger partial charge is 0.339 e. The van der Waals surface area contributed by atoms with Crippen molar-refractivity contribution in [3.63, 3.8) is 0 Å². The van der Waals surface area contributed by atoms with Crippen LogP contribution in [-0.2, 0) is 11.3 Å². The predicted octanol–water partition coefficient (Wildman–Crippen LogP) is 3.24. The van der Waals surface area contributed by atoms with E-state index >= 15 is 0 Å². The first kappa shape index (κ1) is 17.9. The Hall–Kier alpha value is -1.89. The zero-order valence-corrected chi connectivity index (χ0v) is 15.7. The van der Waals surface area contributed by atoms with Gasteiger partial charge in [0, 0.05) is 37.1 Å². The van der Waals surface area contributed by atoms with Crippen molar-refractivity contribution < 1.29 is 4.79 Å². The molecule has 1 fully saturated rings. The van der Waals surface area contributed by atoms with Gasteiger partial charge in [-0.15, -0.1) is 10.2 Å². The minimum Gasteiger partial charge on any atom is -0.339 e. The van der Waals surface area contributed by atoms with E-state index < -0.39 is 0 Å². The maximum Gasteiger partial charge on any atom is 0.233 e. The molecule has 3 heterocycles. The molecule has 2 aromatic rings. The molecule has 1 aliphatic rings. The fraction of sp³-hybridized carbons (Fsp3) is 0.556. The number of rotatable bonds is 6. The number of aromatic nitrogens is 4. The molecule has 1 aliphatic heterocycles. The lowest BCUT2D eigenvalue weighted by atomic mass is 10.0. The highest BCUT2D eigenvalue weighted by Gasteiger charge is 2.25. The summed E-state index contributed by atoms with van der Waals surface area (Å²) < 4.78 is 2.06. The Morgan fingerprint density at radius 3 is 2.76 bits per heavy atom. The molecule has 1 amide bonds. The van der Waals surface area contributed by atoms with E-state index in [0.717, 1.165) is 48.9 Å². The van der Waals surface area contributed by atoms with Crippen LogP contribution in [0.25, 0.3) is 11.4 Å². The molecule has 1 saturated heterocycles. The number of carbonyl (C=O) groups is 1. The van der Waals surface area contributed by atoms with E-state index in [1.807, 2.05) is 12.1 Å². The van der Waals surface area contributed by atoms with E-state index in [1.165, 1.54) is 18.2 Å². The standard InChI is InChI=1S/C18H25N5OS/c1-3-15-7-5-6-12-23(15)16(24)13-25-18-21-20-17(22(18)4-2)14-8-10-19-11-9-14/h8-11,15H,3-7,12-13H2,1-2H3. The first-order valence-corrected chi connectivity index (χ1v) is 9.99. The molecule has 1 atom stereocenters. The maximum absolute atomic E-state index is 12.7. The smallest absolute Gasteiger partial charge is 0.233 e. The van der Waals surface area contributed by atoms with Crippen LogP contribution in [0.1, 0.15) is 39.5 Å². The Kier molecular flexibility index (Phi) is 6.07. The molecule has 0 radical (unpaired) electrons. The highest BCUT2D eigenvalue weighted by Crippen LogP contribution is 2.25. The van der Waals surface area contributed by atoms with Gasteiger partial charge < -0.3 is 9.47 Å². The predicted molar refractivity (Wildman–Crippen MR) is 99.3 cm³/mol. The van der Waals surface area contributed by atoms with Crippen LogP contribution in [0.2, 0.25) is 0 Å². The van der Waals surface area contributed by atoms with Crippen LogP contribution in [0.3, 0.4) is 0 Å². The second kappa shape index (κ2) is 8.47. The second-order valence-electron chi connectivity index (χ2n) is 6.22. The number of nitrogens with zero attached hydrogens (tertiary/aromatic N) is 5. The van der Waals surface area contributed by atoms with Crippen LogP contribution in [-0.4, -0.2) is 48.9 Å². The topological polar surface area (TPSA) is 63.9 Å². The van der Waals surface area contributed by atoms with Gasteiger partial charge >= 0.3 is 0 Å². The van der Waals surface area contributed by atoms with Gasteiger partial charge in [-0.2, -0.15) is 0 Å². The molecule has 7 heteroatoms. The maximum atomic E-state index is 12.7. The Morgan fingerprint density at radius 1 is 1.24 bits per heavy atom. The third kappa shape index (κ3) is 4.03. The second-order valence-corrected chi connectivity index (χ2v) is 7.16. The van der Waals surface area contributed by atoms with Crippen molar-refractivity contribution in [3.05, 3.63) is 24.5 Å². The van der Waals surface area contributed by atoms with Crippen LogP contribution < -0.4 is 0 Å². The number of pyridine rings is 1. The van der Waals surface area contributed by atoms with Crippen molar-refractivity contribution in [1.82, 2.24) is 24.6 Å². The van der Waals surface area contributed by atoms with Crippen molar-refractivity contribution >= 4 is 17.7 Å². The fourth-order valence-corrected chi connectivity index (χ4v) is 4.25. The van der Waals surface area contributed by atoms with E-state index in [1.54, 1.807) is 12.4 Å². The Bertz CT molecular complexity index is 703. The Balaban J connectivity index is 1.69. The summed E-state index contributed by atoms with van der Waals surface area (Å²) in [7, 11) is 0. The lowest BCUT2D eigenvalue weighted by Crippen LogP contribution is -2.44. The average molecular weight is 359 g/mol. The number of amides is 1. The monoisotopic (exact) mass is 359 g/mol. The van der Waals surface area contributed by atoms with Gasteiger partial charge in [-0.05, 0) is 44.7 Å². The van der Waals surface area contributed by atoms with E-state index in [-0.39, 0.29) is 5.91 Å². The van der Waals surface area contributed by atoms with Crippen molar-refractivity contribution in [3.8, 4) is 11.4 Å². The number of piperidine rings is 1. The number of likely N-dealkylation sites (tertiary alicyclic amines) is 1. The highest BCUT2D eigenvalue weighted by atomic mass is 32.2. The molecule has 0 spiro atoms. The van der Waals surface area contributed by atoms with Crippen LogP contribution in [0.5, 0.6) is 0 Å². The van der Waals surface area contributed by atoms with Gasteiger partial charge in [-0.1, -0.05) is 18.7 Å². The molecular weight excluding hydrogens is 334 g/mol.